The minimum absolute atomic E-state index is 0.106. The zero-order valence-corrected chi connectivity index (χ0v) is 15.9. The molecule has 0 heterocycles. The first-order valence-electron chi connectivity index (χ1n) is 8.74. The highest BCUT2D eigenvalue weighted by Gasteiger charge is 2.33. The maximum absolute atomic E-state index is 12.6. The second-order valence-electron chi connectivity index (χ2n) is 6.46. The van der Waals surface area contributed by atoms with Crippen LogP contribution >= 0.6 is 15.9 Å². The molecule has 3 N–H and O–H groups in total. The molecule has 0 aliphatic heterocycles. The molecule has 0 aromatic heterocycles. The van der Waals surface area contributed by atoms with Crippen LogP contribution in [0.25, 0.3) is 0 Å². The standard InChI is InChI=1S/C20H22BrNO4/c21-15-10-6-9-14(18(15)23)20(25)22-16-11-4-5-12-17(19(16)24)26-13-7-2-1-3-8-13/h1-3,6-10,16-17,19,23-24H,4-5,11-12H2,(H,22,25)/t16-,17-,19-/m1/s1. The third kappa shape index (κ3) is 4.37. The van der Waals surface area contributed by atoms with Gasteiger partial charge < -0.3 is 20.3 Å². The van der Waals surface area contributed by atoms with E-state index in [0.29, 0.717) is 16.6 Å². The summed E-state index contributed by atoms with van der Waals surface area (Å²) in [6.07, 6.45) is 1.99. The minimum Gasteiger partial charge on any atom is -0.506 e. The number of aliphatic hydroxyl groups is 1. The van der Waals surface area contributed by atoms with Gasteiger partial charge in [0.2, 0.25) is 0 Å². The number of halogens is 1. The van der Waals surface area contributed by atoms with E-state index < -0.39 is 18.1 Å². The van der Waals surface area contributed by atoms with Crippen LogP contribution in [0.2, 0.25) is 0 Å². The van der Waals surface area contributed by atoms with Gasteiger partial charge in [0.15, 0.2) is 0 Å². The molecule has 26 heavy (non-hydrogen) atoms. The van der Waals surface area contributed by atoms with Gasteiger partial charge in [0.25, 0.3) is 5.91 Å². The maximum atomic E-state index is 12.6. The van der Waals surface area contributed by atoms with Gasteiger partial charge in [0.05, 0.1) is 16.1 Å². The number of carbonyl (C=O) groups is 1. The topological polar surface area (TPSA) is 78.8 Å². The molecule has 0 radical (unpaired) electrons. The van der Waals surface area contributed by atoms with E-state index in [4.69, 9.17) is 4.74 Å². The van der Waals surface area contributed by atoms with E-state index >= 15 is 0 Å². The van der Waals surface area contributed by atoms with Crippen LogP contribution in [0.5, 0.6) is 11.5 Å². The van der Waals surface area contributed by atoms with Crippen LogP contribution in [-0.2, 0) is 0 Å². The SMILES string of the molecule is O=C(N[C@@H]1CCCC[C@@H](Oc2ccccc2)[C@@H]1O)c1cccc(Br)c1O. The van der Waals surface area contributed by atoms with Gasteiger partial charge in [0, 0.05) is 0 Å². The zero-order valence-electron chi connectivity index (χ0n) is 14.3. The third-order valence-electron chi connectivity index (χ3n) is 4.63. The maximum Gasteiger partial charge on any atom is 0.255 e. The Morgan fingerprint density at radius 3 is 2.58 bits per heavy atom. The largest absolute Gasteiger partial charge is 0.506 e. The number of benzene rings is 2. The summed E-state index contributed by atoms with van der Waals surface area (Å²) in [4.78, 5) is 12.6. The molecule has 0 bridgehead atoms. The van der Waals surface area contributed by atoms with Crippen molar-refractivity contribution >= 4 is 21.8 Å². The summed E-state index contributed by atoms with van der Waals surface area (Å²) in [7, 11) is 0. The second-order valence-corrected chi connectivity index (χ2v) is 7.31. The fraction of sp³-hybridized carbons (Fsp3) is 0.350. The van der Waals surface area contributed by atoms with Crippen molar-refractivity contribution in [3.8, 4) is 11.5 Å². The molecule has 1 aliphatic carbocycles. The van der Waals surface area contributed by atoms with Gasteiger partial charge >= 0.3 is 0 Å². The summed E-state index contributed by atoms with van der Waals surface area (Å²) in [6.45, 7) is 0. The first-order valence-corrected chi connectivity index (χ1v) is 9.53. The van der Waals surface area contributed by atoms with E-state index in [-0.39, 0.29) is 17.4 Å². The number of phenols is 1. The predicted octanol–water partition coefficient (Wildman–Crippen LogP) is 3.64. The summed E-state index contributed by atoms with van der Waals surface area (Å²) in [6, 6.07) is 13.8. The minimum atomic E-state index is -0.823. The van der Waals surface area contributed by atoms with Crippen molar-refractivity contribution in [1.82, 2.24) is 5.32 Å². The number of rotatable bonds is 4. The number of nitrogens with one attached hydrogen (secondary N) is 1. The monoisotopic (exact) mass is 419 g/mol. The Morgan fingerprint density at radius 1 is 1.08 bits per heavy atom. The van der Waals surface area contributed by atoms with Crippen molar-refractivity contribution in [3.05, 3.63) is 58.6 Å². The normalized spacial score (nSPS) is 23.1. The van der Waals surface area contributed by atoms with Crippen LogP contribution in [0.1, 0.15) is 36.0 Å². The Morgan fingerprint density at radius 2 is 1.81 bits per heavy atom. The Labute approximate surface area is 161 Å². The fourth-order valence-electron chi connectivity index (χ4n) is 3.22. The lowest BCUT2D eigenvalue weighted by Gasteiger charge is -2.28. The first-order chi connectivity index (χ1) is 12.6. The Kier molecular flexibility index (Phi) is 6.16. The van der Waals surface area contributed by atoms with E-state index in [2.05, 4.69) is 21.2 Å². The van der Waals surface area contributed by atoms with Gasteiger partial charge in [-0.05, 0) is 59.5 Å². The summed E-state index contributed by atoms with van der Waals surface area (Å²) in [5.74, 6) is 0.187. The second kappa shape index (κ2) is 8.56. The van der Waals surface area contributed by atoms with Crippen LogP contribution < -0.4 is 10.1 Å². The molecule has 1 saturated carbocycles. The number of aliphatic hydroxyl groups excluding tert-OH is 1. The number of phenolic OH excluding ortho intramolecular Hbond substituents is 1. The number of para-hydroxylation sites is 2. The molecule has 2 aromatic carbocycles. The molecule has 1 aliphatic rings. The van der Waals surface area contributed by atoms with Crippen LogP contribution in [0, 0.1) is 0 Å². The molecule has 3 atom stereocenters. The highest BCUT2D eigenvalue weighted by atomic mass is 79.9. The lowest BCUT2D eigenvalue weighted by molar-refractivity contribution is 0.0129. The Balaban J connectivity index is 1.72. The van der Waals surface area contributed by atoms with Crippen LogP contribution in [-0.4, -0.2) is 34.4 Å². The first kappa shape index (κ1) is 18.7. The smallest absolute Gasteiger partial charge is 0.255 e. The summed E-state index contributed by atoms with van der Waals surface area (Å²) >= 11 is 3.21. The number of aromatic hydroxyl groups is 1. The predicted molar refractivity (Wildman–Crippen MR) is 102 cm³/mol. The van der Waals surface area contributed by atoms with E-state index in [0.717, 1.165) is 19.3 Å². The van der Waals surface area contributed by atoms with Crippen LogP contribution in [0.4, 0.5) is 0 Å². The van der Waals surface area contributed by atoms with E-state index in [1.54, 1.807) is 18.2 Å². The summed E-state index contributed by atoms with van der Waals surface area (Å²) in [5.41, 5.74) is 0.177. The molecule has 1 amide bonds. The highest BCUT2D eigenvalue weighted by molar-refractivity contribution is 9.10. The number of amides is 1. The number of ether oxygens (including phenoxy) is 1. The van der Waals surface area contributed by atoms with Crippen molar-refractivity contribution in [2.24, 2.45) is 0 Å². The molecule has 6 heteroatoms. The van der Waals surface area contributed by atoms with Gasteiger partial charge in [-0.1, -0.05) is 30.7 Å². The number of carbonyl (C=O) groups excluding carboxylic acids is 1. The molecular weight excluding hydrogens is 398 g/mol. The summed E-state index contributed by atoms with van der Waals surface area (Å²) < 4.78 is 6.41. The van der Waals surface area contributed by atoms with Gasteiger partial charge in [-0.3, -0.25) is 4.79 Å². The zero-order chi connectivity index (χ0) is 18.5. The van der Waals surface area contributed by atoms with Gasteiger partial charge in [-0.15, -0.1) is 0 Å². The number of hydrogen-bond acceptors (Lipinski definition) is 4. The highest BCUT2D eigenvalue weighted by Crippen LogP contribution is 2.28. The molecule has 0 spiro atoms. The lowest BCUT2D eigenvalue weighted by Crippen LogP contribution is -2.49. The van der Waals surface area contributed by atoms with Gasteiger partial charge in [0.1, 0.15) is 23.7 Å². The van der Waals surface area contributed by atoms with Crippen LogP contribution in [0.3, 0.4) is 0 Å². The van der Waals surface area contributed by atoms with Crippen LogP contribution in [0.15, 0.2) is 53.0 Å². The molecule has 1 fully saturated rings. The molecule has 5 nitrogen and oxygen atoms in total. The van der Waals surface area contributed by atoms with Crippen molar-refractivity contribution in [3.63, 3.8) is 0 Å². The van der Waals surface area contributed by atoms with Crippen molar-refractivity contribution in [2.45, 2.75) is 43.9 Å². The average molecular weight is 420 g/mol. The molecule has 138 valence electrons. The Bertz CT molecular complexity index is 753. The van der Waals surface area contributed by atoms with Gasteiger partial charge in [-0.2, -0.15) is 0 Å². The molecule has 0 saturated heterocycles. The molecular formula is C20H22BrNO4. The molecule has 3 rings (SSSR count). The quantitative estimate of drug-likeness (QED) is 0.660. The molecule has 0 unspecified atom stereocenters. The number of hydrogen-bond donors (Lipinski definition) is 3. The van der Waals surface area contributed by atoms with E-state index in [9.17, 15) is 15.0 Å². The van der Waals surface area contributed by atoms with Gasteiger partial charge in [-0.25, -0.2) is 0 Å². The molecule has 2 aromatic rings. The van der Waals surface area contributed by atoms with E-state index in [1.165, 1.54) is 0 Å². The summed E-state index contributed by atoms with van der Waals surface area (Å²) in [5, 5.41) is 23.7. The van der Waals surface area contributed by atoms with Crippen molar-refractivity contribution in [2.75, 3.05) is 0 Å². The lowest BCUT2D eigenvalue weighted by atomic mass is 10.0. The van der Waals surface area contributed by atoms with Crippen molar-refractivity contribution in [1.29, 1.82) is 0 Å². The van der Waals surface area contributed by atoms with E-state index in [1.807, 2.05) is 30.3 Å². The third-order valence-corrected chi connectivity index (χ3v) is 5.27. The van der Waals surface area contributed by atoms with Crippen molar-refractivity contribution < 1.29 is 19.7 Å². The fourth-order valence-corrected chi connectivity index (χ4v) is 3.58. The average Bonchev–Trinajstić information content (AvgIpc) is 2.81. The Hall–Kier alpha value is -2.05.